The zero-order valence-electron chi connectivity index (χ0n) is 25.6. The highest BCUT2D eigenvalue weighted by molar-refractivity contribution is 7.16. The van der Waals surface area contributed by atoms with Gasteiger partial charge in [0.15, 0.2) is 0 Å². The van der Waals surface area contributed by atoms with Crippen LogP contribution in [0, 0.1) is 0 Å². The van der Waals surface area contributed by atoms with E-state index in [-0.39, 0.29) is 22.8 Å². The van der Waals surface area contributed by atoms with Gasteiger partial charge in [0, 0.05) is 38.3 Å². The average Bonchev–Trinajstić information content (AvgIpc) is 3.34. The highest BCUT2D eigenvalue weighted by atomic mass is 32.1. The number of aromatic nitrogens is 1. The highest BCUT2D eigenvalue weighted by Crippen LogP contribution is 2.32. The number of fused-ring (bicyclic) bond motifs is 1. The van der Waals surface area contributed by atoms with Crippen molar-refractivity contribution in [3.63, 3.8) is 0 Å². The lowest BCUT2D eigenvalue weighted by Gasteiger charge is -2.44. The molecule has 236 valence electrons. The number of carbonyl (C=O) groups is 1. The summed E-state index contributed by atoms with van der Waals surface area (Å²) in [6.07, 6.45) is 8.57. The Morgan fingerprint density at radius 2 is 1.83 bits per heavy atom. The second-order valence-corrected chi connectivity index (χ2v) is 13.8. The zero-order valence-corrected chi connectivity index (χ0v) is 26.4. The van der Waals surface area contributed by atoms with Crippen molar-refractivity contribution >= 4 is 27.6 Å². The monoisotopic (exact) mass is 606 g/mol. The van der Waals surface area contributed by atoms with Crippen LogP contribution in [0.15, 0.2) is 16.9 Å². The minimum absolute atomic E-state index is 0.0428. The summed E-state index contributed by atoms with van der Waals surface area (Å²) in [7, 11) is 0. The van der Waals surface area contributed by atoms with Gasteiger partial charge in [-0.3, -0.25) is 4.79 Å². The fourth-order valence-corrected chi connectivity index (χ4v) is 6.84. The lowest BCUT2D eigenvalue weighted by Crippen LogP contribution is -2.55. The van der Waals surface area contributed by atoms with E-state index in [2.05, 4.69) is 15.2 Å². The maximum absolute atomic E-state index is 13.0. The Hall–Kier alpha value is -2.18. The number of morpholine rings is 1. The first-order valence-corrected chi connectivity index (χ1v) is 16.4. The van der Waals surface area contributed by atoms with Crippen LogP contribution in [0.3, 0.4) is 0 Å². The second-order valence-electron chi connectivity index (χ2n) is 12.9. The Kier molecular flexibility index (Phi) is 11.7. The van der Waals surface area contributed by atoms with E-state index < -0.39 is 17.8 Å². The average molecular weight is 607 g/mol. The molecule has 1 aromatic carbocycles. The lowest BCUT2D eigenvalue weighted by molar-refractivity contribution is -0.0996. The van der Waals surface area contributed by atoms with E-state index in [0.29, 0.717) is 22.3 Å². The summed E-state index contributed by atoms with van der Waals surface area (Å²) in [5.41, 5.74) is 0.237. The normalized spacial score (nSPS) is 18.4. The van der Waals surface area contributed by atoms with Gasteiger partial charge in [0.05, 0.1) is 29.6 Å². The van der Waals surface area contributed by atoms with Gasteiger partial charge in [-0.15, -0.1) is 0 Å². The zero-order chi connectivity index (χ0) is 30.2. The van der Waals surface area contributed by atoms with E-state index >= 15 is 0 Å². The van der Waals surface area contributed by atoms with Crippen LogP contribution < -0.4 is 10.2 Å². The fourth-order valence-electron chi connectivity index (χ4n) is 5.93. The summed E-state index contributed by atoms with van der Waals surface area (Å²) in [5, 5.41) is 24.6. The number of phenolic OH excluding ortho intramolecular Hbond substituents is 1. The number of aliphatic hydroxyl groups excluding tert-OH is 1. The molecule has 1 aromatic heterocycles. The third-order valence-corrected chi connectivity index (χ3v) is 9.23. The summed E-state index contributed by atoms with van der Waals surface area (Å²) in [4.78, 5) is 31.3. The van der Waals surface area contributed by atoms with Gasteiger partial charge in [-0.2, -0.15) is 0 Å². The topological polar surface area (TPSA) is 127 Å². The summed E-state index contributed by atoms with van der Waals surface area (Å²) in [5.74, 6) is -0.0461. The molecule has 4 N–H and O–H groups in total. The number of aliphatic hydroxyl groups is 1. The number of ether oxygens (including phenoxy) is 2. The Labute approximate surface area is 253 Å². The van der Waals surface area contributed by atoms with Gasteiger partial charge in [0.2, 0.25) is 0 Å². The van der Waals surface area contributed by atoms with E-state index in [1.807, 2.05) is 20.8 Å². The first-order valence-electron chi connectivity index (χ1n) is 15.6. The van der Waals surface area contributed by atoms with Crippen LogP contribution in [-0.4, -0.2) is 94.7 Å². The lowest BCUT2D eigenvalue weighted by atomic mass is 9.90. The number of piperidine rings is 1. The molecule has 2 saturated heterocycles. The number of unbranched alkanes of at least 4 members (excludes halogenated alkanes) is 6. The predicted octanol–water partition coefficient (Wildman–Crippen LogP) is 4.75. The summed E-state index contributed by atoms with van der Waals surface area (Å²) < 4.78 is 12.2. The largest absolute Gasteiger partial charge is 0.506 e. The van der Waals surface area contributed by atoms with E-state index in [1.165, 1.54) is 38.3 Å². The Morgan fingerprint density at radius 3 is 2.50 bits per heavy atom. The molecular formula is C31H50N4O6S. The van der Waals surface area contributed by atoms with Crippen LogP contribution in [0.4, 0.5) is 4.79 Å². The molecule has 0 bridgehead atoms. The number of aromatic amines is 1. The van der Waals surface area contributed by atoms with Gasteiger partial charge in [0.25, 0.3) is 0 Å². The third kappa shape index (κ3) is 9.41. The summed E-state index contributed by atoms with van der Waals surface area (Å²) in [6.45, 7) is 12.2. The van der Waals surface area contributed by atoms with E-state index in [4.69, 9.17) is 9.47 Å². The molecule has 0 radical (unpaired) electrons. The number of H-pyrrole nitrogens is 1. The van der Waals surface area contributed by atoms with Crippen molar-refractivity contribution in [3.05, 3.63) is 27.4 Å². The van der Waals surface area contributed by atoms with Crippen molar-refractivity contribution in [2.45, 2.75) is 95.9 Å². The number of carbonyl (C=O) groups excluding carboxylic acids is 1. The maximum Gasteiger partial charge on any atom is 0.410 e. The van der Waals surface area contributed by atoms with Crippen molar-refractivity contribution in [2.75, 3.05) is 52.4 Å². The Bertz CT molecular complexity index is 1190. The Morgan fingerprint density at radius 1 is 1.14 bits per heavy atom. The number of hydrogen-bond donors (Lipinski definition) is 4. The minimum Gasteiger partial charge on any atom is -0.506 e. The number of nitrogens with one attached hydrogen (secondary N) is 2. The summed E-state index contributed by atoms with van der Waals surface area (Å²) in [6, 6.07) is 3.05. The molecule has 1 spiro atoms. The smallest absolute Gasteiger partial charge is 0.410 e. The number of hydrogen-bond acceptors (Lipinski definition) is 9. The van der Waals surface area contributed by atoms with Crippen molar-refractivity contribution in [2.24, 2.45) is 0 Å². The van der Waals surface area contributed by atoms with E-state index in [1.54, 1.807) is 11.0 Å². The molecule has 11 heteroatoms. The van der Waals surface area contributed by atoms with Gasteiger partial charge >= 0.3 is 11.0 Å². The number of phenols is 1. The molecule has 1 atom stereocenters. The SMILES string of the molecule is CC(C)(C)OC(=O)N(CCCCCCCCCN1CCC2(CC1)CNCCO2)C[C@H](O)c1ccc(O)c2[nH]c(=O)sc12. The molecule has 3 heterocycles. The van der Waals surface area contributed by atoms with Crippen molar-refractivity contribution in [3.8, 4) is 5.75 Å². The fraction of sp³-hybridized carbons (Fsp3) is 0.742. The van der Waals surface area contributed by atoms with Crippen LogP contribution in [0.25, 0.3) is 10.2 Å². The van der Waals surface area contributed by atoms with Gasteiger partial charge in [-0.1, -0.05) is 49.5 Å². The predicted molar refractivity (Wildman–Crippen MR) is 166 cm³/mol. The quantitative estimate of drug-likeness (QED) is 0.241. The molecule has 0 saturated carbocycles. The van der Waals surface area contributed by atoms with Crippen molar-refractivity contribution in [1.82, 2.24) is 20.1 Å². The molecule has 0 aliphatic carbocycles. The minimum atomic E-state index is -1.02. The van der Waals surface area contributed by atoms with Crippen molar-refractivity contribution < 1.29 is 24.5 Å². The molecule has 4 rings (SSSR count). The van der Waals surface area contributed by atoms with Gasteiger partial charge in [-0.25, -0.2) is 4.79 Å². The Balaban J connectivity index is 1.16. The number of benzene rings is 1. The number of nitrogens with zero attached hydrogens (tertiary/aromatic N) is 2. The molecule has 2 aliphatic rings. The molecule has 10 nitrogen and oxygen atoms in total. The van der Waals surface area contributed by atoms with Crippen LogP contribution in [0.5, 0.6) is 5.75 Å². The van der Waals surface area contributed by atoms with Crippen LogP contribution in [-0.2, 0) is 9.47 Å². The number of thiazole rings is 1. The van der Waals surface area contributed by atoms with E-state index in [9.17, 15) is 19.8 Å². The molecule has 2 aromatic rings. The van der Waals surface area contributed by atoms with Gasteiger partial charge in [0.1, 0.15) is 16.9 Å². The van der Waals surface area contributed by atoms with Gasteiger partial charge in [-0.05, 0) is 59.1 Å². The van der Waals surface area contributed by atoms with E-state index in [0.717, 1.165) is 76.2 Å². The number of rotatable bonds is 13. The van der Waals surface area contributed by atoms with Crippen LogP contribution in [0.2, 0.25) is 0 Å². The standard InChI is InChI=1S/C31H50N4O6S/c1-30(2,3)41-29(39)35(21-25(37)23-11-12-24(36)26-27(23)42-28(38)33-26)17-10-8-6-4-5-7-9-16-34-18-13-31(14-19-34)22-32-15-20-40-31/h11-12,25,32,36-37H,4-10,13-22H2,1-3H3,(H,33,38)/t25-/m0/s1. The molecule has 1 amide bonds. The third-order valence-electron chi connectivity index (χ3n) is 8.30. The molecule has 42 heavy (non-hydrogen) atoms. The summed E-state index contributed by atoms with van der Waals surface area (Å²) >= 11 is 0.936. The highest BCUT2D eigenvalue weighted by Gasteiger charge is 2.36. The first kappa shape index (κ1) is 32.7. The number of aromatic hydroxyl groups is 1. The maximum atomic E-state index is 13.0. The second kappa shape index (κ2) is 15.0. The van der Waals surface area contributed by atoms with Gasteiger partial charge < -0.3 is 39.8 Å². The van der Waals surface area contributed by atoms with Crippen molar-refractivity contribution in [1.29, 1.82) is 0 Å². The molecule has 2 fully saturated rings. The van der Waals surface area contributed by atoms with Crippen LogP contribution >= 0.6 is 11.3 Å². The molecule has 2 aliphatic heterocycles. The van der Waals surface area contributed by atoms with Crippen LogP contribution in [0.1, 0.15) is 90.2 Å². The molecular weight excluding hydrogens is 556 g/mol. The number of likely N-dealkylation sites (tertiary alicyclic amines) is 1. The number of amides is 1. The molecule has 0 unspecified atom stereocenters. The first-order chi connectivity index (χ1) is 20.1.